The number of carbonyl (C=O) groups is 4. The van der Waals surface area contributed by atoms with Gasteiger partial charge in [-0.2, -0.15) is 0 Å². The van der Waals surface area contributed by atoms with E-state index in [9.17, 15) is 39.6 Å². The van der Waals surface area contributed by atoms with Gasteiger partial charge < -0.3 is 40.1 Å². The molecule has 0 aromatic heterocycles. The normalized spacial score (nSPS) is 12.7. The number of carboxylic acids is 2. The van der Waals surface area contributed by atoms with Crippen molar-refractivity contribution in [3.05, 3.63) is 115 Å². The highest BCUT2D eigenvalue weighted by atomic mass is 16.5. The molecule has 0 aliphatic carbocycles. The van der Waals surface area contributed by atoms with Gasteiger partial charge in [-0.25, -0.2) is 19.2 Å². The summed E-state index contributed by atoms with van der Waals surface area (Å²) in [4.78, 5) is 51.0. The molecule has 12 nitrogen and oxygen atoms in total. The van der Waals surface area contributed by atoms with Crippen LogP contribution in [0, 0.1) is 0 Å². The van der Waals surface area contributed by atoms with E-state index in [0.717, 1.165) is 25.7 Å². The number of carboxylic acid groups (broad SMARTS) is 2. The molecule has 0 aliphatic heterocycles. The van der Waals surface area contributed by atoms with Crippen molar-refractivity contribution in [2.45, 2.75) is 235 Å². The number of carbonyl (C=O) groups excluding carboxylic acids is 2. The third-order valence-corrected chi connectivity index (χ3v) is 13.3. The zero-order valence-electron chi connectivity index (χ0n) is 52.0. The summed E-state index contributed by atoms with van der Waals surface area (Å²) in [5.74, 6) is -1.97. The lowest BCUT2D eigenvalue weighted by Gasteiger charge is -2.30. The van der Waals surface area contributed by atoms with Crippen LogP contribution in [0.1, 0.15) is 278 Å². The van der Waals surface area contributed by atoms with E-state index in [1.807, 2.05) is 166 Å². The summed E-state index contributed by atoms with van der Waals surface area (Å²) in [5.41, 5.74) is 2.87. The Morgan fingerprint density at radius 1 is 0.321 bits per heavy atom. The molecule has 12 heteroatoms. The van der Waals surface area contributed by atoms with Crippen molar-refractivity contribution in [1.29, 1.82) is 0 Å². The Morgan fingerprint density at radius 2 is 0.500 bits per heavy atom. The highest BCUT2D eigenvalue weighted by Gasteiger charge is 2.35. The van der Waals surface area contributed by atoms with Crippen LogP contribution in [-0.2, 0) is 43.3 Å². The Hall–Kier alpha value is -5.72. The first-order valence-corrected chi connectivity index (χ1v) is 27.3. The average molecular weight is 1080 g/mol. The number of aromatic carboxylic acids is 2. The summed E-state index contributed by atoms with van der Waals surface area (Å²) in [6.45, 7) is 48.0. The minimum absolute atomic E-state index is 0.161. The van der Waals surface area contributed by atoms with Gasteiger partial charge in [-0.15, -0.1) is 0 Å². The zero-order chi connectivity index (χ0) is 60.9. The summed E-state index contributed by atoms with van der Waals surface area (Å²) in [6.07, 6.45) is 3.83. The molecule has 0 saturated heterocycles. The zero-order valence-corrected chi connectivity index (χ0v) is 52.0. The molecule has 6 N–H and O–H groups in total. The largest absolute Gasteiger partial charge is 0.507 e. The maximum Gasteiger partial charge on any atom is 0.343 e. The van der Waals surface area contributed by atoms with Crippen molar-refractivity contribution >= 4 is 23.9 Å². The molecule has 0 saturated carbocycles. The molecule has 0 amide bonds. The van der Waals surface area contributed by atoms with Crippen molar-refractivity contribution in [3.8, 4) is 23.0 Å². The molecule has 0 atom stereocenters. The molecule has 78 heavy (non-hydrogen) atoms. The van der Waals surface area contributed by atoms with Crippen molar-refractivity contribution in [1.82, 2.24) is 0 Å². The van der Waals surface area contributed by atoms with E-state index in [0.29, 0.717) is 67.1 Å². The van der Waals surface area contributed by atoms with Crippen LogP contribution in [-0.4, -0.2) is 67.7 Å². The van der Waals surface area contributed by atoms with Gasteiger partial charge in [0.25, 0.3) is 0 Å². The highest BCUT2D eigenvalue weighted by Crippen LogP contribution is 2.46. The van der Waals surface area contributed by atoms with E-state index in [4.69, 9.17) is 19.7 Å². The topological polar surface area (TPSA) is 208 Å². The van der Waals surface area contributed by atoms with Crippen LogP contribution in [0.2, 0.25) is 0 Å². The molecule has 434 valence electrons. The Balaban J connectivity index is 0.000000467. The van der Waals surface area contributed by atoms with Crippen LogP contribution in [0.4, 0.5) is 0 Å². The maximum absolute atomic E-state index is 13.6. The molecule has 0 spiro atoms. The molecule has 4 aromatic carbocycles. The fourth-order valence-corrected chi connectivity index (χ4v) is 8.62. The van der Waals surface area contributed by atoms with Crippen molar-refractivity contribution in [3.63, 3.8) is 0 Å². The summed E-state index contributed by atoms with van der Waals surface area (Å²) < 4.78 is 12.2. The number of unbranched alkanes of at least 4 members (excludes halogenated alkanes) is 3. The number of phenols is 2. The van der Waals surface area contributed by atoms with E-state index in [1.54, 1.807) is 48.5 Å². The smallest absolute Gasteiger partial charge is 0.343 e. The molecule has 0 fully saturated rings. The van der Waals surface area contributed by atoms with Crippen LogP contribution in [0.25, 0.3) is 0 Å². The molecule has 0 heterocycles. The van der Waals surface area contributed by atoms with E-state index in [-0.39, 0.29) is 35.8 Å². The van der Waals surface area contributed by atoms with Crippen LogP contribution < -0.4 is 9.47 Å². The van der Waals surface area contributed by atoms with Gasteiger partial charge >= 0.3 is 23.9 Å². The Bertz CT molecular complexity index is 2440. The second-order valence-electron chi connectivity index (χ2n) is 28.9. The Kier molecular flexibility index (Phi) is 22.1. The van der Waals surface area contributed by atoms with Gasteiger partial charge in [-0.05, 0) is 105 Å². The van der Waals surface area contributed by atoms with Gasteiger partial charge in [-0.3, -0.25) is 0 Å². The van der Waals surface area contributed by atoms with Gasteiger partial charge in [0.15, 0.2) is 0 Å². The van der Waals surface area contributed by atoms with E-state index in [2.05, 4.69) is 0 Å². The predicted octanol–water partition coefficient (Wildman–Crippen LogP) is 15.5. The Morgan fingerprint density at radius 3 is 0.654 bits per heavy atom. The van der Waals surface area contributed by atoms with Crippen LogP contribution in [0.15, 0.2) is 48.5 Å². The number of benzene rings is 4. The van der Waals surface area contributed by atoms with Gasteiger partial charge in [0.2, 0.25) is 0 Å². The van der Waals surface area contributed by atoms with Crippen molar-refractivity contribution < 1.29 is 59.3 Å². The van der Waals surface area contributed by atoms with Crippen molar-refractivity contribution in [2.75, 3.05) is 13.2 Å². The van der Waals surface area contributed by atoms with Crippen LogP contribution >= 0.6 is 0 Å². The molecule has 0 bridgehead atoms. The highest BCUT2D eigenvalue weighted by molar-refractivity contribution is 5.95. The van der Waals surface area contributed by atoms with Gasteiger partial charge in [0, 0.05) is 57.7 Å². The third kappa shape index (κ3) is 18.4. The lowest BCUT2D eigenvalue weighted by molar-refractivity contribution is 0.0684. The molecule has 4 aromatic rings. The number of phenolic OH excluding ortho intramolecular Hbond substituents is 2. The lowest BCUT2D eigenvalue weighted by Crippen LogP contribution is -2.24. The Labute approximate surface area is 468 Å². The quantitative estimate of drug-likeness (QED) is 0.0471. The summed E-state index contributed by atoms with van der Waals surface area (Å²) in [6, 6.07) is 13.2. The summed E-state index contributed by atoms with van der Waals surface area (Å²) in [5, 5.41) is 58.1. The molecular formula is C66H98O12. The third-order valence-electron chi connectivity index (χ3n) is 13.3. The monoisotopic (exact) mass is 1080 g/mol. The molecule has 0 aliphatic rings. The number of hydrogen-bond acceptors (Lipinski definition) is 10. The average Bonchev–Trinajstić information content (AvgIpc) is 3.25. The van der Waals surface area contributed by atoms with E-state index in [1.165, 1.54) is 0 Å². The molecule has 4 rings (SSSR count). The van der Waals surface area contributed by atoms with E-state index < -0.39 is 67.2 Å². The fourth-order valence-electron chi connectivity index (χ4n) is 8.62. The number of ether oxygens (including phenoxy) is 2. The number of aromatic hydroxyl groups is 2. The first kappa shape index (κ1) is 68.4. The summed E-state index contributed by atoms with van der Waals surface area (Å²) in [7, 11) is 0. The second-order valence-corrected chi connectivity index (χ2v) is 28.9. The minimum atomic E-state index is -1.03. The van der Waals surface area contributed by atoms with Gasteiger partial charge in [-0.1, -0.05) is 179 Å². The SMILES string of the molecule is CC(C)(C)c1cc(C(=O)Oc2c(C(C)(C)C)cc(C(=O)O)cc2C(C)(C)C)cc(C(C)(C)C)c1O.CC(C)(C)c1cc(C(=O)Oc2c(C(C)(C)C)cc(C(=O)O)cc2C(C)(C)C)cc(C(C)(C)C)c1O.OCCCCCCO. The first-order chi connectivity index (χ1) is 35.0. The molecule has 0 radical (unpaired) electrons. The first-order valence-electron chi connectivity index (χ1n) is 27.3. The predicted molar refractivity (Wildman–Crippen MR) is 315 cm³/mol. The number of hydrogen-bond donors (Lipinski definition) is 6. The van der Waals surface area contributed by atoms with Crippen LogP contribution in [0.3, 0.4) is 0 Å². The molecular weight excluding hydrogens is 985 g/mol. The van der Waals surface area contributed by atoms with Gasteiger partial charge in [0.05, 0.1) is 22.3 Å². The standard InChI is InChI=1S/2C30H42O5.C6H14O2/c2*1-27(2,3)19-15-18(16-20(23(19)31)28(4,5)6)26(34)35-24-21(29(7,8)9)13-17(25(32)33)14-22(24)30(10,11)12;7-5-3-1-2-4-6-8/h2*13-16,31H,1-12H3,(H,32,33);7-8H,1-6H2. The van der Waals surface area contributed by atoms with Crippen molar-refractivity contribution in [2.24, 2.45) is 0 Å². The second kappa shape index (κ2) is 25.2. The summed E-state index contributed by atoms with van der Waals surface area (Å²) >= 11 is 0. The lowest BCUT2D eigenvalue weighted by atomic mass is 9.78. The number of aliphatic hydroxyl groups is 2. The molecule has 0 unspecified atom stereocenters. The fraction of sp³-hybridized carbons (Fsp3) is 0.576. The minimum Gasteiger partial charge on any atom is -0.507 e. The number of aliphatic hydroxyl groups excluding tert-OH is 2. The number of esters is 2. The number of rotatable bonds is 11. The maximum atomic E-state index is 13.6. The van der Waals surface area contributed by atoms with E-state index >= 15 is 0 Å². The van der Waals surface area contributed by atoms with Crippen LogP contribution in [0.5, 0.6) is 23.0 Å². The van der Waals surface area contributed by atoms with Gasteiger partial charge in [0.1, 0.15) is 23.0 Å².